The monoisotopic (exact) mass is 484 g/mol. The van der Waals surface area contributed by atoms with Crippen LogP contribution in [0.25, 0.3) is 11.4 Å². The molecule has 1 amide bonds. The molecule has 0 radical (unpaired) electrons. The van der Waals surface area contributed by atoms with Gasteiger partial charge in [0, 0.05) is 24.7 Å². The highest BCUT2D eigenvalue weighted by Crippen LogP contribution is 2.28. The van der Waals surface area contributed by atoms with Crippen LogP contribution in [0.1, 0.15) is 19.4 Å². The Hall–Kier alpha value is -3.93. The molecule has 1 aromatic heterocycles. The predicted octanol–water partition coefficient (Wildman–Crippen LogP) is 3.43. The second-order valence-corrected chi connectivity index (χ2v) is 8.27. The van der Waals surface area contributed by atoms with Crippen molar-refractivity contribution >= 4 is 29.6 Å². The molecule has 0 bridgehead atoms. The Morgan fingerprint density at radius 3 is 2.76 bits per heavy atom. The molecule has 0 aliphatic rings. The van der Waals surface area contributed by atoms with Crippen molar-refractivity contribution in [3.05, 3.63) is 58.1 Å². The Kier molecular flexibility index (Phi) is 8.19. The van der Waals surface area contributed by atoms with Crippen LogP contribution in [0.5, 0.6) is 11.5 Å². The minimum absolute atomic E-state index is 0.0152. The van der Waals surface area contributed by atoms with Crippen molar-refractivity contribution in [3.8, 4) is 22.9 Å². The van der Waals surface area contributed by atoms with Gasteiger partial charge in [-0.05, 0) is 37.6 Å². The molecule has 0 atom stereocenters. The number of thioether (sulfide) groups is 1. The van der Waals surface area contributed by atoms with Crippen molar-refractivity contribution in [3.63, 3.8) is 0 Å². The van der Waals surface area contributed by atoms with Gasteiger partial charge >= 0.3 is 0 Å². The molecule has 12 heteroatoms. The quantitative estimate of drug-likeness (QED) is 0.200. The fourth-order valence-corrected chi connectivity index (χ4v) is 3.61. The number of ether oxygens (including phenoxy) is 2. The molecule has 0 saturated heterocycles. The lowest BCUT2D eigenvalue weighted by atomic mass is 10.2. The van der Waals surface area contributed by atoms with E-state index in [1.165, 1.54) is 30.1 Å². The maximum absolute atomic E-state index is 12.2. The fraction of sp³-hybridized carbons (Fsp3) is 0.273. The number of non-ortho nitro benzene ring substituents is 1. The van der Waals surface area contributed by atoms with Crippen LogP contribution >= 0.6 is 11.8 Å². The number of aromatic nitrogens is 3. The molecule has 0 unspecified atom stereocenters. The first kappa shape index (κ1) is 24.7. The third kappa shape index (κ3) is 6.32. The average molecular weight is 485 g/mol. The van der Waals surface area contributed by atoms with Gasteiger partial charge in [-0.3, -0.25) is 14.9 Å². The highest BCUT2D eigenvalue weighted by Gasteiger charge is 2.15. The molecule has 1 N–H and O–H groups in total. The summed E-state index contributed by atoms with van der Waals surface area (Å²) in [5.74, 6) is 1.39. The molecule has 2 aromatic carbocycles. The van der Waals surface area contributed by atoms with Gasteiger partial charge in [-0.1, -0.05) is 23.9 Å². The lowest BCUT2D eigenvalue weighted by molar-refractivity contribution is -0.384. The number of nitrogens with one attached hydrogen (secondary N) is 1. The number of nitro groups is 1. The number of carbonyl (C=O) groups is 1. The van der Waals surface area contributed by atoms with Crippen LogP contribution in [0.15, 0.2) is 52.7 Å². The number of carbonyl (C=O) groups excluding carboxylic acids is 1. The third-order valence-electron chi connectivity index (χ3n) is 4.44. The highest BCUT2D eigenvalue weighted by atomic mass is 32.2. The van der Waals surface area contributed by atoms with Crippen molar-refractivity contribution in [2.75, 3.05) is 12.9 Å². The maximum Gasteiger partial charge on any atom is 0.270 e. The van der Waals surface area contributed by atoms with Crippen molar-refractivity contribution < 1.29 is 19.2 Å². The van der Waals surface area contributed by atoms with Gasteiger partial charge in [0.25, 0.3) is 11.6 Å². The summed E-state index contributed by atoms with van der Waals surface area (Å²) in [6.07, 6.45) is 1.52. The summed E-state index contributed by atoms with van der Waals surface area (Å²) in [6, 6.07) is 11.5. The van der Waals surface area contributed by atoms with E-state index in [0.29, 0.717) is 28.0 Å². The smallest absolute Gasteiger partial charge is 0.270 e. The van der Waals surface area contributed by atoms with E-state index in [1.54, 1.807) is 49.1 Å². The summed E-state index contributed by atoms with van der Waals surface area (Å²) < 4.78 is 12.7. The molecule has 1 heterocycles. The van der Waals surface area contributed by atoms with Crippen LogP contribution in [0.3, 0.4) is 0 Å². The minimum Gasteiger partial charge on any atom is -0.493 e. The van der Waals surface area contributed by atoms with Crippen LogP contribution < -0.4 is 14.9 Å². The van der Waals surface area contributed by atoms with E-state index in [1.807, 2.05) is 13.8 Å². The third-order valence-corrected chi connectivity index (χ3v) is 5.46. The van der Waals surface area contributed by atoms with Gasteiger partial charge in [0.15, 0.2) is 22.5 Å². The molecule has 3 rings (SSSR count). The molecule has 3 aromatic rings. The molecular weight excluding hydrogens is 460 g/mol. The number of hydrazone groups is 1. The normalized spacial score (nSPS) is 11.1. The summed E-state index contributed by atoms with van der Waals surface area (Å²) >= 11 is 1.17. The fourth-order valence-electron chi connectivity index (χ4n) is 2.91. The molecular formula is C22H24N6O5S. The Morgan fingerprint density at radius 2 is 2.06 bits per heavy atom. The standard InChI is InChI=1S/C22H24N6O5S/c1-14(2)33-18-9-8-15(10-19(18)32-4)12-23-24-20(29)13-34-22-26-25-21(27(22)3)16-6-5-7-17(11-16)28(30)31/h5-12,14H,13H2,1-4H3,(H,24,29)/b23-12-. The number of rotatable bonds is 10. The first-order valence-electron chi connectivity index (χ1n) is 10.2. The van der Waals surface area contributed by atoms with Crippen molar-refractivity contribution in [1.82, 2.24) is 20.2 Å². The van der Waals surface area contributed by atoms with E-state index in [-0.39, 0.29) is 23.5 Å². The second-order valence-electron chi connectivity index (χ2n) is 7.33. The number of hydrogen-bond donors (Lipinski definition) is 1. The molecule has 0 spiro atoms. The van der Waals surface area contributed by atoms with E-state index in [9.17, 15) is 14.9 Å². The first-order valence-corrected chi connectivity index (χ1v) is 11.2. The summed E-state index contributed by atoms with van der Waals surface area (Å²) in [5.41, 5.74) is 3.73. The van der Waals surface area contributed by atoms with Gasteiger partial charge in [-0.25, -0.2) is 5.43 Å². The van der Waals surface area contributed by atoms with Crippen LogP contribution in [0.4, 0.5) is 5.69 Å². The van der Waals surface area contributed by atoms with Crippen LogP contribution in [0.2, 0.25) is 0 Å². The molecule has 0 aliphatic carbocycles. The molecule has 0 aliphatic heterocycles. The van der Waals surface area contributed by atoms with Gasteiger partial charge in [0.2, 0.25) is 0 Å². The van der Waals surface area contributed by atoms with Crippen LogP contribution in [-0.4, -0.2) is 50.8 Å². The van der Waals surface area contributed by atoms with Crippen LogP contribution in [-0.2, 0) is 11.8 Å². The Labute approximate surface area is 200 Å². The number of hydrogen-bond acceptors (Lipinski definition) is 9. The first-order chi connectivity index (χ1) is 16.3. The predicted molar refractivity (Wildman–Crippen MR) is 128 cm³/mol. The number of nitrogens with zero attached hydrogens (tertiary/aromatic N) is 5. The molecule has 0 saturated carbocycles. The summed E-state index contributed by atoms with van der Waals surface area (Å²) in [5, 5.41) is 23.6. The van der Waals surface area contributed by atoms with Crippen molar-refractivity contribution in [2.24, 2.45) is 12.1 Å². The largest absolute Gasteiger partial charge is 0.493 e. The number of amides is 1. The van der Waals surface area contributed by atoms with Gasteiger partial charge in [0.1, 0.15) is 0 Å². The Balaban J connectivity index is 1.57. The zero-order chi connectivity index (χ0) is 24.7. The van der Waals surface area contributed by atoms with Gasteiger partial charge in [-0.2, -0.15) is 5.10 Å². The topological polar surface area (TPSA) is 134 Å². The molecule has 0 fully saturated rings. The minimum atomic E-state index is -0.468. The highest BCUT2D eigenvalue weighted by molar-refractivity contribution is 7.99. The summed E-state index contributed by atoms with van der Waals surface area (Å²) in [6.45, 7) is 3.86. The maximum atomic E-state index is 12.2. The SMILES string of the molecule is COc1cc(/C=N\NC(=O)CSc2nnc(-c3cccc([N+](=O)[O-])c3)n2C)ccc1OC(C)C. The molecule has 34 heavy (non-hydrogen) atoms. The summed E-state index contributed by atoms with van der Waals surface area (Å²) in [4.78, 5) is 22.7. The number of benzene rings is 2. The number of methoxy groups -OCH3 is 1. The lowest BCUT2D eigenvalue weighted by Crippen LogP contribution is -2.19. The molecule has 11 nitrogen and oxygen atoms in total. The van der Waals surface area contributed by atoms with Gasteiger partial charge in [-0.15, -0.1) is 10.2 Å². The van der Waals surface area contributed by atoms with Crippen molar-refractivity contribution in [1.29, 1.82) is 0 Å². The van der Waals surface area contributed by atoms with E-state index in [4.69, 9.17) is 9.47 Å². The Morgan fingerprint density at radius 1 is 1.26 bits per heavy atom. The van der Waals surface area contributed by atoms with Gasteiger partial charge < -0.3 is 14.0 Å². The van der Waals surface area contributed by atoms with Crippen molar-refractivity contribution in [2.45, 2.75) is 25.1 Å². The average Bonchev–Trinajstić information content (AvgIpc) is 3.18. The second kappa shape index (κ2) is 11.3. The van der Waals surface area contributed by atoms with E-state index >= 15 is 0 Å². The van der Waals surface area contributed by atoms with E-state index < -0.39 is 4.92 Å². The molecule has 178 valence electrons. The van der Waals surface area contributed by atoms with E-state index in [0.717, 1.165) is 5.56 Å². The number of nitro benzene ring substituents is 1. The summed E-state index contributed by atoms with van der Waals surface area (Å²) in [7, 11) is 3.28. The van der Waals surface area contributed by atoms with Crippen LogP contribution in [0, 0.1) is 10.1 Å². The van der Waals surface area contributed by atoms with E-state index in [2.05, 4.69) is 20.7 Å². The zero-order valence-corrected chi connectivity index (χ0v) is 19.9. The zero-order valence-electron chi connectivity index (χ0n) is 19.1. The lowest BCUT2D eigenvalue weighted by Gasteiger charge is -2.13. The Bertz CT molecular complexity index is 1210. The van der Waals surface area contributed by atoms with Gasteiger partial charge in [0.05, 0.1) is 30.1 Å².